The minimum absolute atomic E-state index is 0.191. The maximum atomic E-state index is 11.9. The molecule has 2 amide bonds. The summed E-state index contributed by atoms with van der Waals surface area (Å²) in [5.41, 5.74) is 6.02. The van der Waals surface area contributed by atoms with E-state index in [9.17, 15) is 9.59 Å². The van der Waals surface area contributed by atoms with Gasteiger partial charge in [0.2, 0.25) is 0 Å². The Morgan fingerprint density at radius 2 is 1.96 bits per heavy atom. The second kappa shape index (κ2) is 8.54. The molecule has 1 fully saturated rings. The third-order valence-electron chi connectivity index (χ3n) is 3.94. The van der Waals surface area contributed by atoms with E-state index in [1.54, 1.807) is 0 Å². The quantitative estimate of drug-likeness (QED) is 0.742. The average Bonchev–Trinajstić information content (AvgIpc) is 2.57. The zero-order chi connectivity index (χ0) is 17.4. The van der Waals surface area contributed by atoms with Gasteiger partial charge in [-0.05, 0) is 12.0 Å². The van der Waals surface area contributed by atoms with Gasteiger partial charge in [0.25, 0.3) is 0 Å². The van der Waals surface area contributed by atoms with Gasteiger partial charge in [0.05, 0.1) is 25.2 Å². The van der Waals surface area contributed by atoms with Crippen LogP contribution in [-0.2, 0) is 16.1 Å². The second-order valence-corrected chi connectivity index (χ2v) is 6.00. The van der Waals surface area contributed by atoms with Gasteiger partial charge < -0.3 is 25.4 Å². The number of unbranched alkanes of at least 4 members (excludes halogenated alkanes) is 1. The van der Waals surface area contributed by atoms with Crippen molar-refractivity contribution in [1.82, 2.24) is 10.2 Å². The molecule has 1 saturated heterocycles. The molecule has 0 aromatic heterocycles. The summed E-state index contributed by atoms with van der Waals surface area (Å²) in [5, 5.41) is 2.77. The van der Waals surface area contributed by atoms with E-state index in [0.29, 0.717) is 19.7 Å². The highest BCUT2D eigenvalue weighted by atomic mass is 16.6. The fourth-order valence-electron chi connectivity index (χ4n) is 2.44. The maximum Gasteiger partial charge on any atom is 0.409 e. The Labute approximate surface area is 142 Å². The Kier molecular flexibility index (Phi) is 6.43. The Bertz CT molecular complexity index is 544. The van der Waals surface area contributed by atoms with Crippen LogP contribution in [0, 0.1) is 0 Å². The highest BCUT2D eigenvalue weighted by molar-refractivity contribution is 5.72. The van der Waals surface area contributed by atoms with Gasteiger partial charge in [0, 0.05) is 6.54 Å². The summed E-state index contributed by atoms with van der Waals surface area (Å²) in [6, 6.07) is 9.42. The molecule has 7 heteroatoms. The van der Waals surface area contributed by atoms with Crippen molar-refractivity contribution in [3.63, 3.8) is 0 Å². The number of nitrogens with one attached hydrogen (secondary N) is 1. The predicted octanol–water partition coefficient (Wildman–Crippen LogP) is 1.86. The summed E-state index contributed by atoms with van der Waals surface area (Å²) >= 11 is 0. The third-order valence-corrected chi connectivity index (χ3v) is 3.94. The van der Waals surface area contributed by atoms with Gasteiger partial charge in [-0.3, -0.25) is 0 Å². The largest absolute Gasteiger partial charge is 0.449 e. The van der Waals surface area contributed by atoms with Gasteiger partial charge >= 0.3 is 12.2 Å². The van der Waals surface area contributed by atoms with Crippen LogP contribution in [0.3, 0.4) is 0 Å². The van der Waals surface area contributed by atoms with Crippen LogP contribution in [0.4, 0.5) is 9.59 Å². The van der Waals surface area contributed by atoms with Crippen LogP contribution in [0.2, 0.25) is 0 Å². The Hall–Kier alpha value is -2.28. The van der Waals surface area contributed by atoms with Gasteiger partial charge in [-0.15, -0.1) is 0 Å². The molecular formula is C17H25N3O4. The van der Waals surface area contributed by atoms with Crippen molar-refractivity contribution in [2.75, 3.05) is 26.2 Å². The minimum atomic E-state index is -0.641. The lowest BCUT2D eigenvalue weighted by molar-refractivity contribution is 0.0240. The number of amides is 2. The summed E-state index contributed by atoms with van der Waals surface area (Å²) in [6.07, 6.45) is 0.899. The fraction of sp³-hybridized carbons (Fsp3) is 0.529. The summed E-state index contributed by atoms with van der Waals surface area (Å²) in [5.74, 6) is 0. The molecule has 1 aromatic carbocycles. The van der Waals surface area contributed by atoms with Gasteiger partial charge in [-0.1, -0.05) is 43.7 Å². The van der Waals surface area contributed by atoms with Crippen LogP contribution in [0.1, 0.15) is 25.3 Å². The molecule has 0 spiro atoms. The van der Waals surface area contributed by atoms with Crippen molar-refractivity contribution in [2.45, 2.75) is 31.9 Å². The normalized spacial score (nSPS) is 15.3. The monoisotopic (exact) mass is 335 g/mol. The molecule has 2 rings (SSSR count). The van der Waals surface area contributed by atoms with E-state index >= 15 is 0 Å². The summed E-state index contributed by atoms with van der Waals surface area (Å²) < 4.78 is 10.3. The van der Waals surface area contributed by atoms with Crippen molar-refractivity contribution in [1.29, 1.82) is 0 Å². The lowest BCUT2D eigenvalue weighted by Crippen LogP contribution is -2.74. The molecule has 0 bridgehead atoms. The van der Waals surface area contributed by atoms with Crippen molar-refractivity contribution < 1.29 is 19.1 Å². The number of carbonyl (C=O) groups excluding carboxylic acids is 2. The molecule has 0 saturated carbocycles. The molecule has 132 valence electrons. The van der Waals surface area contributed by atoms with E-state index in [0.717, 1.165) is 18.4 Å². The molecule has 7 nitrogen and oxygen atoms in total. The van der Waals surface area contributed by atoms with Crippen LogP contribution >= 0.6 is 0 Å². The van der Waals surface area contributed by atoms with Crippen molar-refractivity contribution in [3.8, 4) is 0 Å². The molecule has 1 heterocycles. The Morgan fingerprint density at radius 3 is 2.58 bits per heavy atom. The number of benzene rings is 1. The molecule has 1 aliphatic heterocycles. The zero-order valence-electron chi connectivity index (χ0n) is 14.0. The van der Waals surface area contributed by atoms with Crippen LogP contribution in [0.5, 0.6) is 0 Å². The van der Waals surface area contributed by atoms with Gasteiger partial charge in [0.1, 0.15) is 6.61 Å². The highest BCUT2D eigenvalue weighted by Crippen LogP contribution is 2.21. The first-order valence-corrected chi connectivity index (χ1v) is 8.19. The summed E-state index contributed by atoms with van der Waals surface area (Å²) in [7, 11) is 0. The van der Waals surface area contributed by atoms with Crippen molar-refractivity contribution >= 4 is 12.2 Å². The number of nitrogens with zero attached hydrogens (tertiary/aromatic N) is 1. The molecular weight excluding hydrogens is 310 g/mol. The number of ether oxygens (including phenoxy) is 2. The first kappa shape index (κ1) is 18.1. The number of carbonyl (C=O) groups is 2. The van der Waals surface area contributed by atoms with E-state index in [-0.39, 0.29) is 19.2 Å². The molecule has 0 atom stereocenters. The van der Waals surface area contributed by atoms with Gasteiger partial charge in [0.15, 0.2) is 0 Å². The molecule has 0 unspecified atom stereocenters. The first-order chi connectivity index (χ1) is 11.6. The Balaban J connectivity index is 1.74. The number of rotatable bonds is 7. The Morgan fingerprint density at radius 1 is 1.25 bits per heavy atom. The molecule has 3 N–H and O–H groups in total. The van der Waals surface area contributed by atoms with Crippen LogP contribution < -0.4 is 11.1 Å². The predicted molar refractivity (Wildman–Crippen MR) is 89.4 cm³/mol. The lowest BCUT2D eigenvalue weighted by Gasteiger charge is -2.48. The molecule has 1 aromatic rings. The van der Waals surface area contributed by atoms with E-state index in [1.807, 2.05) is 37.3 Å². The van der Waals surface area contributed by atoms with E-state index in [2.05, 4.69) is 5.32 Å². The molecule has 0 aliphatic carbocycles. The number of hydrogen-bond acceptors (Lipinski definition) is 5. The van der Waals surface area contributed by atoms with Gasteiger partial charge in [-0.2, -0.15) is 0 Å². The van der Waals surface area contributed by atoms with Crippen molar-refractivity contribution in [3.05, 3.63) is 35.9 Å². The highest BCUT2D eigenvalue weighted by Gasteiger charge is 2.46. The standard InChI is InChI=1S/C17H25N3O4/c1-2-3-9-23-16(22)20-12-17(11-18,13-20)19-15(21)24-10-14-7-5-4-6-8-14/h4-8H,2-3,9-13,18H2,1H3,(H,19,21). The van der Waals surface area contributed by atoms with Crippen LogP contribution in [0.15, 0.2) is 30.3 Å². The SMILES string of the molecule is CCCCOC(=O)N1CC(CN)(NC(=O)OCc2ccccc2)C1. The fourth-order valence-corrected chi connectivity index (χ4v) is 2.44. The average molecular weight is 335 g/mol. The summed E-state index contributed by atoms with van der Waals surface area (Å²) in [4.78, 5) is 25.3. The third kappa shape index (κ3) is 4.86. The molecule has 24 heavy (non-hydrogen) atoms. The minimum Gasteiger partial charge on any atom is -0.449 e. The lowest BCUT2D eigenvalue weighted by atomic mass is 9.90. The first-order valence-electron chi connectivity index (χ1n) is 8.19. The maximum absolute atomic E-state index is 11.9. The summed E-state index contributed by atoms with van der Waals surface area (Å²) in [6.45, 7) is 3.52. The topological polar surface area (TPSA) is 93.9 Å². The second-order valence-electron chi connectivity index (χ2n) is 6.00. The van der Waals surface area contributed by atoms with Gasteiger partial charge in [-0.25, -0.2) is 9.59 Å². The van der Waals surface area contributed by atoms with Crippen molar-refractivity contribution in [2.24, 2.45) is 5.73 Å². The number of alkyl carbamates (subject to hydrolysis) is 1. The van der Waals surface area contributed by atoms with E-state index in [1.165, 1.54) is 4.90 Å². The number of hydrogen-bond donors (Lipinski definition) is 2. The zero-order valence-corrected chi connectivity index (χ0v) is 14.0. The molecule has 1 aliphatic rings. The number of nitrogens with two attached hydrogens (primary N) is 1. The van der Waals surface area contributed by atoms with Crippen LogP contribution in [-0.4, -0.2) is 48.9 Å². The van der Waals surface area contributed by atoms with E-state index in [4.69, 9.17) is 15.2 Å². The smallest absolute Gasteiger partial charge is 0.409 e. The van der Waals surface area contributed by atoms with E-state index < -0.39 is 11.6 Å². The molecule has 0 radical (unpaired) electrons. The van der Waals surface area contributed by atoms with Crippen LogP contribution in [0.25, 0.3) is 0 Å². The number of likely N-dealkylation sites (tertiary alicyclic amines) is 1.